The van der Waals surface area contributed by atoms with E-state index in [4.69, 9.17) is 32.7 Å². The lowest BCUT2D eigenvalue weighted by Crippen LogP contribution is -2.33. The molecule has 1 aliphatic rings. The fourth-order valence-electron chi connectivity index (χ4n) is 3.37. The molecule has 0 radical (unpaired) electrons. The predicted octanol–water partition coefficient (Wildman–Crippen LogP) is 5.43. The Bertz CT molecular complexity index is 778. The van der Waals surface area contributed by atoms with Crippen molar-refractivity contribution in [2.45, 2.75) is 26.0 Å². The molecule has 28 heavy (non-hydrogen) atoms. The van der Waals surface area contributed by atoms with Crippen molar-refractivity contribution < 1.29 is 9.47 Å². The van der Waals surface area contributed by atoms with Crippen molar-refractivity contribution in [2.75, 3.05) is 26.7 Å². The Hall–Kier alpha value is -0.980. The quantitative estimate of drug-likeness (QED) is 0.520. The van der Waals surface area contributed by atoms with E-state index >= 15 is 0 Å². The zero-order valence-electron chi connectivity index (χ0n) is 15.9. The van der Waals surface area contributed by atoms with E-state index in [0.29, 0.717) is 34.0 Å². The van der Waals surface area contributed by atoms with Crippen molar-refractivity contribution >= 4 is 39.1 Å². The van der Waals surface area contributed by atoms with Crippen molar-refractivity contribution in [1.29, 1.82) is 0 Å². The van der Waals surface area contributed by atoms with Crippen molar-refractivity contribution in [2.24, 2.45) is 5.92 Å². The van der Waals surface area contributed by atoms with Gasteiger partial charge < -0.3 is 20.1 Å². The Labute approximate surface area is 185 Å². The molecule has 3 rings (SSSR count). The highest BCUT2D eigenvalue weighted by molar-refractivity contribution is 9.10. The summed E-state index contributed by atoms with van der Waals surface area (Å²) in [6.45, 7) is 4.14. The number of nitrogens with one attached hydrogen (secondary N) is 2. The highest BCUT2D eigenvalue weighted by Crippen LogP contribution is 2.37. The SMILES string of the molecule is COc1ccc(Br)c(CNCC2CCNCC2)c1OCc1c(Cl)cccc1Cl. The molecule has 1 heterocycles. The van der Waals surface area contributed by atoms with Crippen LogP contribution >= 0.6 is 39.1 Å². The van der Waals surface area contributed by atoms with E-state index in [0.717, 1.165) is 35.2 Å². The second-order valence-electron chi connectivity index (χ2n) is 6.87. The van der Waals surface area contributed by atoms with E-state index in [1.54, 1.807) is 7.11 Å². The maximum absolute atomic E-state index is 6.29. The van der Waals surface area contributed by atoms with Gasteiger partial charge in [-0.3, -0.25) is 0 Å². The highest BCUT2D eigenvalue weighted by atomic mass is 79.9. The molecule has 0 saturated carbocycles. The lowest BCUT2D eigenvalue weighted by Gasteiger charge is -2.23. The van der Waals surface area contributed by atoms with Crippen LogP contribution in [-0.2, 0) is 13.2 Å². The lowest BCUT2D eigenvalue weighted by molar-refractivity contribution is 0.279. The first-order valence-corrected chi connectivity index (χ1v) is 11.0. The van der Waals surface area contributed by atoms with Crippen LogP contribution in [0.15, 0.2) is 34.8 Å². The molecule has 1 fully saturated rings. The van der Waals surface area contributed by atoms with Crippen LogP contribution in [-0.4, -0.2) is 26.7 Å². The summed E-state index contributed by atoms with van der Waals surface area (Å²) in [7, 11) is 1.64. The summed E-state index contributed by atoms with van der Waals surface area (Å²) in [6.07, 6.45) is 2.42. The third-order valence-electron chi connectivity index (χ3n) is 5.00. The number of methoxy groups -OCH3 is 1. The number of hydrogen-bond acceptors (Lipinski definition) is 4. The van der Waals surface area contributed by atoms with Crippen molar-refractivity contribution in [1.82, 2.24) is 10.6 Å². The van der Waals surface area contributed by atoms with Gasteiger partial charge in [-0.1, -0.05) is 45.2 Å². The molecule has 0 aromatic heterocycles. The van der Waals surface area contributed by atoms with Crippen LogP contribution in [0.5, 0.6) is 11.5 Å². The van der Waals surface area contributed by atoms with Gasteiger partial charge in [-0.25, -0.2) is 0 Å². The van der Waals surface area contributed by atoms with Crippen LogP contribution in [0.3, 0.4) is 0 Å². The van der Waals surface area contributed by atoms with Gasteiger partial charge in [0.1, 0.15) is 6.61 Å². The number of ether oxygens (including phenoxy) is 2. The Kier molecular flexibility index (Phi) is 8.30. The molecule has 7 heteroatoms. The fraction of sp³-hybridized carbons (Fsp3) is 0.429. The lowest BCUT2D eigenvalue weighted by atomic mass is 9.98. The zero-order chi connectivity index (χ0) is 19.9. The maximum Gasteiger partial charge on any atom is 0.167 e. The molecule has 2 aromatic carbocycles. The molecule has 2 aromatic rings. The summed E-state index contributed by atoms with van der Waals surface area (Å²) in [6, 6.07) is 9.32. The minimum atomic E-state index is 0.270. The molecule has 0 aliphatic carbocycles. The molecule has 0 spiro atoms. The van der Waals surface area contributed by atoms with Gasteiger partial charge >= 0.3 is 0 Å². The summed E-state index contributed by atoms with van der Waals surface area (Å²) in [5, 5.41) is 8.16. The van der Waals surface area contributed by atoms with Gasteiger partial charge in [0.25, 0.3) is 0 Å². The number of hydrogen-bond donors (Lipinski definition) is 2. The van der Waals surface area contributed by atoms with E-state index in [1.165, 1.54) is 12.8 Å². The van der Waals surface area contributed by atoms with Gasteiger partial charge in [0.15, 0.2) is 11.5 Å². The van der Waals surface area contributed by atoms with Gasteiger partial charge in [-0.15, -0.1) is 0 Å². The molecule has 4 nitrogen and oxygen atoms in total. The van der Waals surface area contributed by atoms with Crippen molar-refractivity contribution in [3.05, 3.63) is 56.0 Å². The fourth-order valence-corrected chi connectivity index (χ4v) is 4.33. The Morgan fingerprint density at radius 1 is 1.11 bits per heavy atom. The summed E-state index contributed by atoms with van der Waals surface area (Å²) in [4.78, 5) is 0. The third-order valence-corrected chi connectivity index (χ3v) is 6.45. The number of rotatable bonds is 8. The molecular weight excluding hydrogens is 463 g/mol. The molecule has 0 atom stereocenters. The molecule has 1 saturated heterocycles. The molecule has 1 aliphatic heterocycles. The number of piperidine rings is 1. The molecule has 152 valence electrons. The molecule has 2 N–H and O–H groups in total. The van der Waals surface area contributed by atoms with Crippen LogP contribution in [0.2, 0.25) is 10.0 Å². The third kappa shape index (κ3) is 5.55. The van der Waals surface area contributed by atoms with Crippen LogP contribution in [0.1, 0.15) is 24.0 Å². The minimum absolute atomic E-state index is 0.270. The predicted molar refractivity (Wildman–Crippen MR) is 119 cm³/mol. The van der Waals surface area contributed by atoms with E-state index in [-0.39, 0.29) is 6.61 Å². The number of benzene rings is 2. The van der Waals surface area contributed by atoms with Gasteiger partial charge in [0, 0.05) is 32.2 Å². The Balaban J connectivity index is 1.73. The smallest absolute Gasteiger partial charge is 0.167 e. The van der Waals surface area contributed by atoms with Crippen molar-refractivity contribution in [3.8, 4) is 11.5 Å². The first-order chi connectivity index (χ1) is 13.6. The normalized spacial score (nSPS) is 14.9. The van der Waals surface area contributed by atoms with Crippen LogP contribution in [0.25, 0.3) is 0 Å². The van der Waals surface area contributed by atoms with Gasteiger partial charge in [0.05, 0.1) is 7.11 Å². The van der Waals surface area contributed by atoms with E-state index in [2.05, 4.69) is 26.6 Å². The monoisotopic (exact) mass is 486 g/mol. The minimum Gasteiger partial charge on any atom is -0.493 e. The van der Waals surface area contributed by atoms with Gasteiger partial charge in [-0.2, -0.15) is 0 Å². The van der Waals surface area contributed by atoms with Crippen molar-refractivity contribution in [3.63, 3.8) is 0 Å². The average Bonchev–Trinajstić information content (AvgIpc) is 2.70. The average molecular weight is 488 g/mol. The molecule has 0 bridgehead atoms. The molecular formula is C21H25BrCl2N2O2. The second kappa shape index (κ2) is 10.7. The largest absolute Gasteiger partial charge is 0.493 e. The summed E-state index contributed by atoms with van der Waals surface area (Å²) < 4.78 is 12.7. The second-order valence-corrected chi connectivity index (χ2v) is 8.54. The maximum atomic E-state index is 6.29. The highest BCUT2D eigenvalue weighted by Gasteiger charge is 2.18. The van der Waals surface area contributed by atoms with E-state index < -0.39 is 0 Å². The first kappa shape index (κ1) is 21.7. The Morgan fingerprint density at radius 2 is 1.82 bits per heavy atom. The van der Waals surface area contributed by atoms with Gasteiger partial charge in [0.2, 0.25) is 0 Å². The zero-order valence-corrected chi connectivity index (χ0v) is 19.0. The number of halogens is 3. The molecule has 0 amide bonds. The standard InChI is InChI=1S/C21H25BrCl2N2O2/c1-27-20-6-5-17(22)15(12-26-11-14-7-9-25-10-8-14)21(20)28-13-16-18(23)3-2-4-19(16)24/h2-6,14,25-26H,7-13H2,1H3. The van der Waals surface area contributed by atoms with Crippen LogP contribution < -0.4 is 20.1 Å². The van der Waals surface area contributed by atoms with Crippen LogP contribution in [0, 0.1) is 5.92 Å². The Morgan fingerprint density at radius 3 is 2.50 bits per heavy atom. The van der Waals surface area contributed by atoms with Crippen LogP contribution in [0.4, 0.5) is 0 Å². The summed E-state index contributed by atoms with van der Waals surface area (Å²) >= 11 is 16.2. The van der Waals surface area contributed by atoms with E-state index in [9.17, 15) is 0 Å². The topological polar surface area (TPSA) is 42.5 Å². The van der Waals surface area contributed by atoms with E-state index in [1.807, 2.05) is 30.3 Å². The van der Waals surface area contributed by atoms with Gasteiger partial charge in [-0.05, 0) is 62.7 Å². The first-order valence-electron chi connectivity index (χ1n) is 9.42. The summed E-state index contributed by atoms with van der Waals surface area (Å²) in [5.41, 5.74) is 1.79. The molecule has 0 unspecified atom stereocenters. The summed E-state index contributed by atoms with van der Waals surface area (Å²) in [5.74, 6) is 2.09.